The molecule has 0 bridgehead atoms. The van der Waals surface area contributed by atoms with Gasteiger partial charge in [-0.1, -0.05) is 30.3 Å². The second kappa shape index (κ2) is 5.24. The van der Waals surface area contributed by atoms with Gasteiger partial charge < -0.3 is 17.4 Å². The number of aryl methyl sites for hydroxylation is 1. The van der Waals surface area contributed by atoms with Crippen LogP contribution in [0.1, 0.15) is 0 Å². The third-order valence-corrected chi connectivity index (χ3v) is 3.01. The van der Waals surface area contributed by atoms with Gasteiger partial charge in [-0.05, 0) is 11.6 Å². The number of nitrogens with zero attached hydrogens (tertiary/aromatic N) is 1. The molecule has 0 aliphatic heterocycles. The van der Waals surface area contributed by atoms with E-state index in [1.807, 2.05) is 66.5 Å². The van der Waals surface area contributed by atoms with Crippen molar-refractivity contribution in [2.45, 2.75) is 0 Å². The van der Waals surface area contributed by atoms with Crippen molar-refractivity contribution in [3.8, 4) is 11.3 Å². The molecular weight excluding hydrogens is 260 g/mol. The minimum absolute atomic E-state index is 0. The van der Waals surface area contributed by atoms with Gasteiger partial charge >= 0.3 is 0 Å². The van der Waals surface area contributed by atoms with Crippen LogP contribution in [0.3, 0.4) is 0 Å². The summed E-state index contributed by atoms with van der Waals surface area (Å²) in [5, 5.41) is 1.66. The van der Waals surface area contributed by atoms with Gasteiger partial charge in [-0.2, -0.15) is 0 Å². The number of pyridine rings is 2. The summed E-state index contributed by atoms with van der Waals surface area (Å²) in [6.07, 6.45) is 3.78. The molecule has 0 atom stereocenters. The summed E-state index contributed by atoms with van der Waals surface area (Å²) in [6, 6.07) is 13.8. The molecular formula is C15H13ClN2O. The minimum Gasteiger partial charge on any atom is -1.00 e. The normalized spacial score (nSPS) is 10.2. The molecule has 19 heavy (non-hydrogen) atoms. The zero-order valence-electron chi connectivity index (χ0n) is 10.4. The second-order valence-corrected chi connectivity index (χ2v) is 4.36. The lowest BCUT2D eigenvalue weighted by Gasteiger charge is -2.02. The number of benzene rings is 1. The summed E-state index contributed by atoms with van der Waals surface area (Å²) in [5.74, 6) is 0. The predicted octanol–water partition coefficient (Wildman–Crippen LogP) is -0.976. The summed E-state index contributed by atoms with van der Waals surface area (Å²) in [5.41, 5.74) is 1.81. The number of halogens is 1. The first-order valence-corrected chi connectivity index (χ1v) is 5.82. The number of H-pyrrole nitrogens is 1. The Morgan fingerprint density at radius 1 is 1.11 bits per heavy atom. The quantitative estimate of drug-likeness (QED) is 0.569. The number of hydrogen-bond donors (Lipinski definition) is 1. The molecule has 0 unspecified atom stereocenters. The van der Waals surface area contributed by atoms with E-state index in [0.717, 1.165) is 16.6 Å². The molecule has 96 valence electrons. The molecule has 3 aromatic rings. The highest BCUT2D eigenvalue weighted by Crippen LogP contribution is 2.18. The van der Waals surface area contributed by atoms with Crippen LogP contribution < -0.4 is 22.5 Å². The van der Waals surface area contributed by atoms with Crippen molar-refractivity contribution in [2.75, 3.05) is 0 Å². The number of fused-ring (bicyclic) bond motifs is 1. The van der Waals surface area contributed by atoms with Gasteiger partial charge in [-0.3, -0.25) is 4.79 Å². The van der Waals surface area contributed by atoms with E-state index in [1.165, 1.54) is 0 Å². The largest absolute Gasteiger partial charge is 1.00 e. The van der Waals surface area contributed by atoms with Crippen LogP contribution in [0.4, 0.5) is 0 Å². The molecule has 2 aromatic heterocycles. The molecule has 3 rings (SSSR count). The van der Waals surface area contributed by atoms with Crippen molar-refractivity contribution < 1.29 is 17.0 Å². The van der Waals surface area contributed by atoms with Crippen molar-refractivity contribution in [1.29, 1.82) is 0 Å². The van der Waals surface area contributed by atoms with Gasteiger partial charge in [0.1, 0.15) is 12.4 Å². The van der Waals surface area contributed by atoms with Crippen molar-refractivity contribution >= 4 is 10.8 Å². The van der Waals surface area contributed by atoms with Crippen LogP contribution in [0.2, 0.25) is 0 Å². The van der Waals surface area contributed by atoms with Crippen molar-refractivity contribution in [3.63, 3.8) is 0 Å². The van der Waals surface area contributed by atoms with Gasteiger partial charge in [0.25, 0.3) is 5.56 Å². The standard InChI is InChI=1S/C15H12N2O.ClH/c1-17-8-7-12-9-14(11-5-3-2-4-6-11)16-15(18)13(12)10-17;/h2-10H,1H3;1H. The van der Waals surface area contributed by atoms with Gasteiger partial charge in [0, 0.05) is 17.1 Å². The van der Waals surface area contributed by atoms with Gasteiger partial charge in [0.15, 0.2) is 12.4 Å². The summed E-state index contributed by atoms with van der Waals surface area (Å²) < 4.78 is 1.87. The average Bonchev–Trinajstić information content (AvgIpc) is 2.40. The lowest BCUT2D eigenvalue weighted by atomic mass is 10.1. The van der Waals surface area contributed by atoms with Crippen LogP contribution >= 0.6 is 0 Å². The minimum atomic E-state index is -0.0532. The average molecular weight is 273 g/mol. The highest BCUT2D eigenvalue weighted by Gasteiger charge is 2.06. The smallest absolute Gasteiger partial charge is 0.262 e. The Labute approximate surface area is 116 Å². The summed E-state index contributed by atoms with van der Waals surface area (Å²) in [6.45, 7) is 0. The maximum Gasteiger partial charge on any atom is 0.262 e. The highest BCUT2D eigenvalue weighted by molar-refractivity contribution is 5.83. The molecule has 0 fully saturated rings. The Kier molecular flexibility index (Phi) is 3.67. The van der Waals surface area contributed by atoms with Gasteiger partial charge in [-0.15, -0.1) is 0 Å². The molecule has 1 aromatic carbocycles. The molecule has 0 radical (unpaired) electrons. The summed E-state index contributed by atoms with van der Waals surface area (Å²) in [4.78, 5) is 15.0. The van der Waals surface area contributed by atoms with E-state index in [-0.39, 0.29) is 18.0 Å². The fourth-order valence-corrected chi connectivity index (χ4v) is 2.08. The fourth-order valence-electron chi connectivity index (χ4n) is 2.08. The maximum atomic E-state index is 12.1. The molecule has 3 nitrogen and oxygen atoms in total. The Bertz CT molecular complexity index is 766. The highest BCUT2D eigenvalue weighted by atomic mass is 35.5. The SMILES string of the molecule is C[n+]1ccc2cc(-c3ccccc3)[nH]c(=O)c2c1.[Cl-]. The zero-order valence-corrected chi connectivity index (χ0v) is 11.2. The molecule has 4 heteroatoms. The first kappa shape index (κ1) is 13.3. The molecule has 1 N–H and O–H groups in total. The molecule has 0 amide bonds. The number of aromatic amines is 1. The lowest BCUT2D eigenvalue weighted by Crippen LogP contribution is -3.00. The van der Waals surface area contributed by atoms with Crippen molar-refractivity contribution in [2.24, 2.45) is 7.05 Å². The maximum absolute atomic E-state index is 12.1. The van der Waals surface area contributed by atoms with Gasteiger partial charge in [0.2, 0.25) is 0 Å². The molecule has 0 saturated carbocycles. The van der Waals surface area contributed by atoms with E-state index in [9.17, 15) is 4.79 Å². The van der Waals surface area contributed by atoms with Crippen LogP contribution in [0.5, 0.6) is 0 Å². The number of hydrogen-bond acceptors (Lipinski definition) is 1. The zero-order chi connectivity index (χ0) is 12.5. The van der Waals surface area contributed by atoms with E-state index in [0.29, 0.717) is 5.39 Å². The third-order valence-electron chi connectivity index (χ3n) is 3.01. The molecule has 0 spiro atoms. The monoisotopic (exact) mass is 272 g/mol. The molecule has 0 saturated heterocycles. The summed E-state index contributed by atoms with van der Waals surface area (Å²) in [7, 11) is 1.91. The Balaban J connectivity index is 0.00000133. The van der Waals surface area contributed by atoms with E-state index in [2.05, 4.69) is 4.98 Å². The van der Waals surface area contributed by atoms with Gasteiger partial charge in [0.05, 0.1) is 0 Å². The molecule has 0 aliphatic rings. The Morgan fingerprint density at radius 3 is 2.58 bits per heavy atom. The second-order valence-electron chi connectivity index (χ2n) is 4.36. The van der Waals surface area contributed by atoms with E-state index < -0.39 is 0 Å². The fraction of sp³-hybridized carbons (Fsp3) is 0.0667. The van der Waals surface area contributed by atoms with Crippen LogP contribution in [-0.4, -0.2) is 4.98 Å². The Morgan fingerprint density at radius 2 is 1.84 bits per heavy atom. The van der Waals surface area contributed by atoms with Crippen LogP contribution in [0.25, 0.3) is 22.0 Å². The number of nitrogens with one attached hydrogen (secondary N) is 1. The molecule has 2 heterocycles. The first-order chi connectivity index (χ1) is 8.74. The van der Waals surface area contributed by atoms with E-state index >= 15 is 0 Å². The lowest BCUT2D eigenvalue weighted by molar-refractivity contribution is -0.670. The van der Waals surface area contributed by atoms with Crippen molar-refractivity contribution in [3.05, 3.63) is 65.2 Å². The number of rotatable bonds is 1. The first-order valence-electron chi connectivity index (χ1n) is 5.82. The van der Waals surface area contributed by atoms with Gasteiger partial charge in [-0.25, -0.2) is 4.57 Å². The van der Waals surface area contributed by atoms with Crippen LogP contribution in [-0.2, 0) is 7.05 Å². The Hall–Kier alpha value is -2.13. The summed E-state index contributed by atoms with van der Waals surface area (Å²) >= 11 is 0. The van der Waals surface area contributed by atoms with Crippen LogP contribution in [0, 0.1) is 0 Å². The number of aromatic nitrogens is 2. The van der Waals surface area contributed by atoms with Crippen LogP contribution in [0.15, 0.2) is 59.7 Å². The topological polar surface area (TPSA) is 36.7 Å². The van der Waals surface area contributed by atoms with E-state index in [4.69, 9.17) is 0 Å². The third kappa shape index (κ3) is 2.51. The van der Waals surface area contributed by atoms with E-state index in [1.54, 1.807) is 0 Å². The van der Waals surface area contributed by atoms with Crippen molar-refractivity contribution in [1.82, 2.24) is 4.98 Å². The predicted molar refractivity (Wildman–Crippen MR) is 71.2 cm³/mol. The molecule has 0 aliphatic carbocycles.